The molecular formula is C12H16N2O5. The van der Waals surface area contributed by atoms with E-state index >= 15 is 0 Å². The fraction of sp³-hybridized carbons (Fsp3) is 0.417. The zero-order valence-electron chi connectivity index (χ0n) is 10.8. The van der Waals surface area contributed by atoms with Crippen molar-refractivity contribution in [3.8, 4) is 5.75 Å². The number of rotatable bonds is 7. The van der Waals surface area contributed by atoms with Crippen LogP contribution in [0.1, 0.15) is 13.3 Å². The van der Waals surface area contributed by atoms with Gasteiger partial charge in [0.25, 0.3) is 5.69 Å². The standard InChI is InChI=1S/C12H16N2O5/c1-8(12(15)16)5-6-13-10-7-9(19-2)3-4-11(10)14(17)18/h3-4,7-8,13H,5-6H2,1-2H3,(H,15,16). The highest BCUT2D eigenvalue weighted by molar-refractivity contribution is 5.69. The number of carboxylic acids is 1. The Labute approximate surface area is 110 Å². The van der Waals surface area contributed by atoms with Gasteiger partial charge in [-0.1, -0.05) is 6.92 Å². The molecule has 1 rings (SSSR count). The Morgan fingerprint density at radius 1 is 1.58 bits per heavy atom. The number of aliphatic carboxylic acids is 1. The number of methoxy groups -OCH3 is 1. The minimum Gasteiger partial charge on any atom is -0.497 e. The molecule has 1 atom stereocenters. The van der Waals surface area contributed by atoms with Crippen molar-refractivity contribution in [2.45, 2.75) is 13.3 Å². The van der Waals surface area contributed by atoms with Gasteiger partial charge in [-0.15, -0.1) is 0 Å². The van der Waals surface area contributed by atoms with Gasteiger partial charge in [-0.25, -0.2) is 0 Å². The lowest BCUT2D eigenvalue weighted by Gasteiger charge is -2.10. The zero-order valence-corrected chi connectivity index (χ0v) is 10.8. The SMILES string of the molecule is COc1ccc([N+](=O)[O-])c(NCCC(C)C(=O)O)c1. The van der Waals surface area contributed by atoms with Crippen LogP contribution in [0, 0.1) is 16.0 Å². The minimum absolute atomic E-state index is 0.0659. The minimum atomic E-state index is -0.887. The van der Waals surface area contributed by atoms with Crippen LogP contribution >= 0.6 is 0 Å². The maximum atomic E-state index is 10.9. The maximum Gasteiger partial charge on any atom is 0.306 e. The molecule has 0 aliphatic heterocycles. The highest BCUT2D eigenvalue weighted by Gasteiger charge is 2.15. The number of nitro benzene ring substituents is 1. The van der Waals surface area contributed by atoms with Crippen LogP contribution in [0.3, 0.4) is 0 Å². The fourth-order valence-corrected chi connectivity index (χ4v) is 1.49. The summed E-state index contributed by atoms with van der Waals surface area (Å²) in [6, 6.07) is 4.37. The van der Waals surface area contributed by atoms with Crippen LogP contribution in [-0.2, 0) is 4.79 Å². The molecule has 1 aromatic rings. The predicted octanol–water partition coefficient (Wildman–Crippen LogP) is 2.13. The molecule has 0 fully saturated rings. The van der Waals surface area contributed by atoms with Crippen molar-refractivity contribution in [1.29, 1.82) is 0 Å². The number of ether oxygens (including phenoxy) is 1. The van der Waals surface area contributed by atoms with Crippen molar-refractivity contribution in [3.05, 3.63) is 28.3 Å². The molecule has 2 N–H and O–H groups in total. The predicted molar refractivity (Wildman–Crippen MR) is 69.6 cm³/mol. The van der Waals surface area contributed by atoms with Crippen molar-refractivity contribution in [2.75, 3.05) is 19.0 Å². The molecular weight excluding hydrogens is 252 g/mol. The Morgan fingerprint density at radius 2 is 2.26 bits per heavy atom. The number of nitro groups is 1. The van der Waals surface area contributed by atoms with E-state index in [0.29, 0.717) is 24.4 Å². The largest absolute Gasteiger partial charge is 0.497 e. The quantitative estimate of drug-likeness (QED) is 0.580. The molecule has 7 heteroatoms. The summed E-state index contributed by atoms with van der Waals surface area (Å²) in [6.07, 6.45) is 0.379. The molecule has 0 saturated heterocycles. The molecule has 1 unspecified atom stereocenters. The van der Waals surface area contributed by atoms with E-state index in [1.54, 1.807) is 6.92 Å². The third-order valence-corrected chi connectivity index (χ3v) is 2.71. The van der Waals surface area contributed by atoms with E-state index in [1.807, 2.05) is 0 Å². The summed E-state index contributed by atoms with van der Waals surface area (Å²) in [5.74, 6) is -0.890. The van der Waals surface area contributed by atoms with Gasteiger partial charge in [0.2, 0.25) is 0 Å². The molecule has 104 valence electrons. The summed E-state index contributed by atoms with van der Waals surface area (Å²) >= 11 is 0. The van der Waals surface area contributed by atoms with E-state index in [-0.39, 0.29) is 5.69 Å². The van der Waals surface area contributed by atoms with Crippen molar-refractivity contribution < 1.29 is 19.6 Å². The summed E-state index contributed by atoms with van der Waals surface area (Å²) in [5.41, 5.74) is 0.255. The van der Waals surface area contributed by atoms with Gasteiger partial charge in [-0.05, 0) is 12.5 Å². The molecule has 1 aromatic carbocycles. The fourth-order valence-electron chi connectivity index (χ4n) is 1.49. The lowest BCUT2D eigenvalue weighted by Crippen LogP contribution is -2.14. The number of anilines is 1. The van der Waals surface area contributed by atoms with Crippen LogP contribution in [0.2, 0.25) is 0 Å². The number of carbonyl (C=O) groups is 1. The average molecular weight is 268 g/mol. The van der Waals surface area contributed by atoms with Crippen molar-refractivity contribution in [2.24, 2.45) is 5.92 Å². The lowest BCUT2D eigenvalue weighted by atomic mass is 10.1. The van der Waals surface area contributed by atoms with Crippen LogP contribution in [0.25, 0.3) is 0 Å². The van der Waals surface area contributed by atoms with E-state index in [2.05, 4.69) is 5.32 Å². The van der Waals surface area contributed by atoms with E-state index in [4.69, 9.17) is 9.84 Å². The first-order valence-corrected chi connectivity index (χ1v) is 5.74. The van der Waals surface area contributed by atoms with Crippen LogP contribution in [0.5, 0.6) is 5.75 Å². The van der Waals surface area contributed by atoms with Gasteiger partial charge in [0, 0.05) is 18.7 Å². The van der Waals surface area contributed by atoms with Crippen molar-refractivity contribution in [1.82, 2.24) is 0 Å². The molecule has 0 aromatic heterocycles. The third kappa shape index (κ3) is 4.13. The number of benzene rings is 1. The lowest BCUT2D eigenvalue weighted by molar-refractivity contribution is -0.384. The summed E-state index contributed by atoms with van der Waals surface area (Å²) in [7, 11) is 1.47. The Hall–Kier alpha value is -2.31. The van der Waals surface area contributed by atoms with Gasteiger partial charge >= 0.3 is 5.97 Å². The molecule has 0 amide bonds. The summed E-state index contributed by atoms with van der Waals surface area (Å²) in [4.78, 5) is 21.0. The van der Waals surface area contributed by atoms with Crippen LogP contribution < -0.4 is 10.1 Å². The summed E-state index contributed by atoms with van der Waals surface area (Å²) < 4.78 is 5.00. The molecule has 0 aliphatic rings. The normalized spacial score (nSPS) is 11.7. The number of nitrogens with one attached hydrogen (secondary N) is 1. The van der Waals surface area contributed by atoms with Gasteiger partial charge in [0.05, 0.1) is 18.0 Å². The zero-order chi connectivity index (χ0) is 14.4. The van der Waals surface area contributed by atoms with E-state index in [0.717, 1.165) is 0 Å². The highest BCUT2D eigenvalue weighted by atomic mass is 16.6. The third-order valence-electron chi connectivity index (χ3n) is 2.71. The van der Waals surface area contributed by atoms with Gasteiger partial charge in [0.15, 0.2) is 0 Å². The van der Waals surface area contributed by atoms with E-state index in [9.17, 15) is 14.9 Å². The van der Waals surface area contributed by atoms with Crippen molar-refractivity contribution in [3.63, 3.8) is 0 Å². The van der Waals surface area contributed by atoms with Gasteiger partial charge in [0.1, 0.15) is 11.4 Å². The van der Waals surface area contributed by atoms with Gasteiger partial charge in [-0.3, -0.25) is 14.9 Å². The molecule has 0 heterocycles. The van der Waals surface area contributed by atoms with E-state index in [1.165, 1.54) is 25.3 Å². The van der Waals surface area contributed by atoms with Gasteiger partial charge < -0.3 is 15.2 Å². The Balaban J connectivity index is 2.75. The molecule has 19 heavy (non-hydrogen) atoms. The maximum absolute atomic E-state index is 10.9. The second-order valence-electron chi connectivity index (χ2n) is 4.09. The van der Waals surface area contributed by atoms with Crippen LogP contribution in [-0.4, -0.2) is 29.7 Å². The number of carboxylic acid groups (broad SMARTS) is 1. The van der Waals surface area contributed by atoms with Crippen LogP contribution in [0.4, 0.5) is 11.4 Å². The average Bonchev–Trinajstić information content (AvgIpc) is 2.37. The molecule has 7 nitrogen and oxygen atoms in total. The monoisotopic (exact) mass is 268 g/mol. The first kappa shape index (κ1) is 14.7. The Kier molecular flexibility index (Phi) is 5.11. The molecule has 0 saturated carbocycles. The Morgan fingerprint density at radius 3 is 2.79 bits per heavy atom. The number of nitrogens with zero attached hydrogens (tertiary/aromatic N) is 1. The number of hydrogen-bond donors (Lipinski definition) is 2. The first-order valence-electron chi connectivity index (χ1n) is 5.74. The topological polar surface area (TPSA) is 102 Å². The van der Waals surface area contributed by atoms with Gasteiger partial charge in [-0.2, -0.15) is 0 Å². The second-order valence-corrected chi connectivity index (χ2v) is 4.09. The molecule has 0 bridgehead atoms. The summed E-state index contributed by atoms with van der Waals surface area (Å²) in [5, 5.41) is 22.5. The summed E-state index contributed by atoms with van der Waals surface area (Å²) in [6.45, 7) is 1.92. The van der Waals surface area contributed by atoms with E-state index < -0.39 is 16.8 Å². The smallest absolute Gasteiger partial charge is 0.306 e. The second kappa shape index (κ2) is 6.58. The molecule has 0 spiro atoms. The molecule has 0 aliphatic carbocycles. The Bertz CT molecular complexity index is 475. The highest BCUT2D eigenvalue weighted by Crippen LogP contribution is 2.28. The number of hydrogen-bond acceptors (Lipinski definition) is 5. The first-order chi connectivity index (χ1) is 8.95. The van der Waals surface area contributed by atoms with Crippen molar-refractivity contribution >= 4 is 17.3 Å². The van der Waals surface area contributed by atoms with Crippen LogP contribution in [0.15, 0.2) is 18.2 Å². The molecule has 0 radical (unpaired) electrons.